The summed E-state index contributed by atoms with van der Waals surface area (Å²) >= 11 is 3.09. The maximum atomic E-state index is 13.7. The van der Waals surface area contributed by atoms with E-state index in [0.717, 1.165) is 6.07 Å². The SMILES string of the molecule is NC(=O)COc1cccc(/C=N/NC(=O)C(=O)Nc2ccc(Br)cc2F)c1. The number of amides is 3. The van der Waals surface area contributed by atoms with Gasteiger partial charge in [-0.2, -0.15) is 5.10 Å². The molecule has 0 saturated carbocycles. The van der Waals surface area contributed by atoms with Gasteiger partial charge in [0.15, 0.2) is 6.61 Å². The number of hydrogen-bond donors (Lipinski definition) is 3. The van der Waals surface area contributed by atoms with Crippen molar-refractivity contribution in [2.75, 3.05) is 11.9 Å². The standard InChI is InChI=1S/C17H14BrFN4O4/c18-11-4-5-14(13(19)7-11)22-16(25)17(26)23-21-8-10-2-1-3-12(6-10)27-9-15(20)24/h1-8H,9H2,(H2,20,24)(H,22,25)(H,23,26)/b21-8+. The minimum absolute atomic E-state index is 0.137. The summed E-state index contributed by atoms with van der Waals surface area (Å²) in [6, 6.07) is 10.4. The molecule has 0 spiro atoms. The first-order chi connectivity index (χ1) is 12.8. The van der Waals surface area contributed by atoms with Crippen LogP contribution in [-0.4, -0.2) is 30.5 Å². The summed E-state index contributed by atoms with van der Waals surface area (Å²) in [4.78, 5) is 34.2. The Balaban J connectivity index is 1.91. The monoisotopic (exact) mass is 436 g/mol. The van der Waals surface area contributed by atoms with Crippen molar-refractivity contribution < 1.29 is 23.5 Å². The molecule has 0 bridgehead atoms. The van der Waals surface area contributed by atoms with E-state index in [1.54, 1.807) is 24.3 Å². The van der Waals surface area contributed by atoms with Crippen LogP contribution in [0.25, 0.3) is 0 Å². The smallest absolute Gasteiger partial charge is 0.329 e. The number of nitrogens with two attached hydrogens (primary N) is 1. The van der Waals surface area contributed by atoms with Crippen molar-refractivity contribution in [3.8, 4) is 5.75 Å². The molecule has 2 rings (SSSR count). The van der Waals surface area contributed by atoms with Crippen molar-refractivity contribution in [2.24, 2.45) is 10.8 Å². The van der Waals surface area contributed by atoms with Gasteiger partial charge in [0.05, 0.1) is 11.9 Å². The highest BCUT2D eigenvalue weighted by atomic mass is 79.9. The first kappa shape index (κ1) is 20.0. The van der Waals surface area contributed by atoms with Crippen LogP contribution < -0.4 is 21.2 Å². The van der Waals surface area contributed by atoms with Gasteiger partial charge in [-0.25, -0.2) is 9.82 Å². The van der Waals surface area contributed by atoms with E-state index in [1.165, 1.54) is 18.3 Å². The van der Waals surface area contributed by atoms with E-state index in [-0.39, 0.29) is 12.3 Å². The highest BCUT2D eigenvalue weighted by Crippen LogP contribution is 2.19. The van der Waals surface area contributed by atoms with Gasteiger partial charge >= 0.3 is 11.8 Å². The van der Waals surface area contributed by atoms with E-state index in [0.29, 0.717) is 15.8 Å². The average Bonchev–Trinajstić information content (AvgIpc) is 2.62. The van der Waals surface area contributed by atoms with Gasteiger partial charge < -0.3 is 15.8 Å². The lowest BCUT2D eigenvalue weighted by Crippen LogP contribution is -2.32. The topological polar surface area (TPSA) is 123 Å². The lowest BCUT2D eigenvalue weighted by atomic mass is 10.2. The van der Waals surface area contributed by atoms with E-state index in [9.17, 15) is 18.8 Å². The normalized spacial score (nSPS) is 10.4. The number of benzene rings is 2. The molecule has 10 heteroatoms. The van der Waals surface area contributed by atoms with Crippen LogP contribution in [0.5, 0.6) is 5.75 Å². The van der Waals surface area contributed by atoms with Gasteiger partial charge in [-0.05, 0) is 35.9 Å². The van der Waals surface area contributed by atoms with Gasteiger partial charge in [0, 0.05) is 4.47 Å². The fraction of sp³-hybridized carbons (Fsp3) is 0.0588. The number of rotatable bonds is 6. The number of carbonyl (C=O) groups is 3. The highest BCUT2D eigenvalue weighted by molar-refractivity contribution is 9.10. The second kappa shape index (κ2) is 9.43. The van der Waals surface area contributed by atoms with Crippen molar-refractivity contribution in [3.05, 3.63) is 58.3 Å². The number of nitrogens with zero attached hydrogens (tertiary/aromatic N) is 1. The summed E-state index contributed by atoms with van der Waals surface area (Å²) in [6.45, 7) is -0.274. The minimum atomic E-state index is -1.08. The van der Waals surface area contributed by atoms with Crippen LogP contribution in [0.15, 0.2) is 52.0 Å². The largest absolute Gasteiger partial charge is 0.484 e. The maximum Gasteiger partial charge on any atom is 0.329 e. The Morgan fingerprint density at radius 2 is 1.96 bits per heavy atom. The Kier molecular flexibility index (Phi) is 7.00. The van der Waals surface area contributed by atoms with Crippen molar-refractivity contribution in [1.82, 2.24) is 5.43 Å². The van der Waals surface area contributed by atoms with Gasteiger partial charge in [0.25, 0.3) is 5.91 Å². The third-order valence-corrected chi connectivity index (χ3v) is 3.50. The maximum absolute atomic E-state index is 13.7. The zero-order chi connectivity index (χ0) is 19.8. The quantitative estimate of drug-likeness (QED) is 0.361. The van der Waals surface area contributed by atoms with E-state index < -0.39 is 23.5 Å². The Hall–Kier alpha value is -3.27. The molecule has 0 fully saturated rings. The first-order valence-electron chi connectivity index (χ1n) is 7.46. The molecule has 0 aliphatic rings. The number of nitrogens with one attached hydrogen (secondary N) is 2. The molecule has 2 aromatic carbocycles. The van der Waals surface area contributed by atoms with Gasteiger partial charge in [-0.1, -0.05) is 28.1 Å². The minimum Gasteiger partial charge on any atom is -0.484 e. The third kappa shape index (κ3) is 6.51. The summed E-state index contributed by atoms with van der Waals surface area (Å²) in [5.74, 6) is -3.08. The van der Waals surface area contributed by atoms with E-state index in [4.69, 9.17) is 10.5 Å². The van der Waals surface area contributed by atoms with E-state index in [2.05, 4.69) is 26.3 Å². The van der Waals surface area contributed by atoms with E-state index >= 15 is 0 Å². The number of carbonyl (C=O) groups excluding carboxylic acids is 3. The number of hydrazone groups is 1. The van der Waals surface area contributed by atoms with Crippen molar-refractivity contribution in [2.45, 2.75) is 0 Å². The Morgan fingerprint density at radius 3 is 2.67 bits per heavy atom. The average molecular weight is 437 g/mol. The molecule has 3 amide bonds. The first-order valence-corrected chi connectivity index (χ1v) is 8.25. The molecule has 8 nitrogen and oxygen atoms in total. The van der Waals surface area contributed by atoms with Crippen LogP contribution in [0.1, 0.15) is 5.56 Å². The molecule has 0 atom stereocenters. The fourth-order valence-corrected chi connectivity index (χ4v) is 2.16. The molecular weight excluding hydrogens is 423 g/mol. The Morgan fingerprint density at radius 1 is 1.19 bits per heavy atom. The van der Waals surface area contributed by atoms with Crippen LogP contribution in [-0.2, 0) is 14.4 Å². The van der Waals surface area contributed by atoms with Gasteiger partial charge in [-0.3, -0.25) is 14.4 Å². The Labute approximate surface area is 161 Å². The van der Waals surface area contributed by atoms with Crippen molar-refractivity contribution in [1.29, 1.82) is 0 Å². The highest BCUT2D eigenvalue weighted by Gasteiger charge is 2.15. The summed E-state index contributed by atoms with van der Waals surface area (Å²) < 4.78 is 19.3. The second-order valence-corrected chi connectivity index (χ2v) is 6.02. The second-order valence-electron chi connectivity index (χ2n) is 5.10. The summed E-state index contributed by atoms with van der Waals surface area (Å²) in [5.41, 5.74) is 7.42. The molecule has 2 aromatic rings. The van der Waals surface area contributed by atoms with Crippen LogP contribution in [0, 0.1) is 5.82 Å². The molecule has 0 unspecified atom stereocenters. The number of ether oxygens (including phenoxy) is 1. The van der Waals surface area contributed by atoms with Gasteiger partial charge in [0.1, 0.15) is 11.6 Å². The molecule has 27 heavy (non-hydrogen) atoms. The van der Waals surface area contributed by atoms with Crippen molar-refractivity contribution >= 4 is 45.6 Å². The third-order valence-electron chi connectivity index (χ3n) is 3.00. The molecule has 0 heterocycles. The predicted molar refractivity (Wildman–Crippen MR) is 99.6 cm³/mol. The number of halogens is 2. The van der Waals surface area contributed by atoms with Crippen LogP contribution in [0.3, 0.4) is 0 Å². The van der Waals surface area contributed by atoms with Gasteiger partial charge in [-0.15, -0.1) is 0 Å². The molecule has 0 aliphatic heterocycles. The van der Waals surface area contributed by atoms with Crippen molar-refractivity contribution in [3.63, 3.8) is 0 Å². The number of hydrogen-bond acceptors (Lipinski definition) is 5. The molecule has 0 saturated heterocycles. The predicted octanol–water partition coefficient (Wildman–Crippen LogP) is 1.54. The van der Waals surface area contributed by atoms with Crippen LogP contribution >= 0.6 is 15.9 Å². The number of primary amides is 1. The fourth-order valence-electron chi connectivity index (χ4n) is 1.83. The molecule has 0 aliphatic carbocycles. The summed E-state index contributed by atoms with van der Waals surface area (Å²) in [6.07, 6.45) is 1.27. The summed E-state index contributed by atoms with van der Waals surface area (Å²) in [5, 5.41) is 5.78. The molecule has 0 aromatic heterocycles. The lowest BCUT2D eigenvalue weighted by molar-refractivity contribution is -0.136. The molecule has 4 N–H and O–H groups in total. The summed E-state index contributed by atoms with van der Waals surface area (Å²) in [7, 11) is 0. The number of anilines is 1. The molecule has 0 radical (unpaired) electrons. The Bertz CT molecular complexity index is 904. The van der Waals surface area contributed by atoms with Crippen LogP contribution in [0.2, 0.25) is 0 Å². The van der Waals surface area contributed by atoms with E-state index in [1.807, 2.05) is 5.43 Å². The zero-order valence-electron chi connectivity index (χ0n) is 13.7. The van der Waals surface area contributed by atoms with Crippen LogP contribution in [0.4, 0.5) is 10.1 Å². The lowest BCUT2D eigenvalue weighted by Gasteiger charge is -2.05. The van der Waals surface area contributed by atoms with Gasteiger partial charge in [0.2, 0.25) is 0 Å². The molecular formula is C17H14BrFN4O4. The zero-order valence-corrected chi connectivity index (χ0v) is 15.3. The molecule has 140 valence electrons.